The van der Waals surface area contributed by atoms with E-state index in [1.807, 2.05) is 44.2 Å². The summed E-state index contributed by atoms with van der Waals surface area (Å²) in [5.41, 5.74) is 3.30. The molecule has 0 saturated heterocycles. The quantitative estimate of drug-likeness (QED) is 0.670. The second kappa shape index (κ2) is 6.93. The fourth-order valence-corrected chi connectivity index (χ4v) is 2.18. The van der Waals surface area contributed by atoms with E-state index < -0.39 is 5.91 Å². The van der Waals surface area contributed by atoms with Crippen LogP contribution in [0.15, 0.2) is 48.0 Å². The van der Waals surface area contributed by atoms with E-state index in [-0.39, 0.29) is 5.57 Å². The van der Waals surface area contributed by atoms with Gasteiger partial charge in [-0.05, 0) is 43.2 Å². The van der Waals surface area contributed by atoms with E-state index in [0.29, 0.717) is 10.7 Å². The Hall–Kier alpha value is -2.57. The highest BCUT2D eigenvalue weighted by Crippen LogP contribution is 2.23. The summed E-state index contributed by atoms with van der Waals surface area (Å²) in [6.45, 7) is 3.77. The molecule has 0 atom stereocenters. The Balaban J connectivity index is 2.26. The summed E-state index contributed by atoms with van der Waals surface area (Å²) in [7, 11) is 0. The topological polar surface area (TPSA) is 52.9 Å². The summed E-state index contributed by atoms with van der Waals surface area (Å²) in [6, 6.07) is 14.8. The van der Waals surface area contributed by atoms with E-state index >= 15 is 0 Å². The zero-order valence-electron chi connectivity index (χ0n) is 12.4. The van der Waals surface area contributed by atoms with Crippen molar-refractivity contribution >= 4 is 29.3 Å². The minimum absolute atomic E-state index is 0.0463. The Morgan fingerprint density at radius 1 is 1.23 bits per heavy atom. The van der Waals surface area contributed by atoms with Crippen molar-refractivity contribution in [1.29, 1.82) is 5.26 Å². The molecule has 110 valence electrons. The molecule has 0 aromatic heterocycles. The van der Waals surface area contributed by atoms with Crippen LogP contribution in [0.25, 0.3) is 6.08 Å². The van der Waals surface area contributed by atoms with Crippen LogP contribution in [0.4, 0.5) is 5.69 Å². The normalized spacial score (nSPS) is 10.9. The number of benzene rings is 2. The van der Waals surface area contributed by atoms with E-state index in [4.69, 9.17) is 11.6 Å². The van der Waals surface area contributed by atoms with Crippen LogP contribution >= 0.6 is 11.6 Å². The van der Waals surface area contributed by atoms with Gasteiger partial charge in [-0.2, -0.15) is 5.26 Å². The molecule has 3 nitrogen and oxygen atoms in total. The number of halogens is 1. The van der Waals surface area contributed by atoms with Gasteiger partial charge in [-0.1, -0.05) is 47.5 Å². The summed E-state index contributed by atoms with van der Waals surface area (Å²) >= 11 is 6.03. The first-order chi connectivity index (χ1) is 10.5. The molecule has 1 amide bonds. The molecule has 0 unspecified atom stereocenters. The standard InChI is InChI=1S/C18H15ClN2O/c1-12-5-3-6-14(9-12)10-15(11-20)18(22)21-17-8-4-7-16(19)13(17)2/h3-10H,1-2H3,(H,21,22)/b15-10+. The fraction of sp³-hybridized carbons (Fsp3) is 0.111. The third-order valence-corrected chi connectivity index (χ3v) is 3.64. The Kier molecular flexibility index (Phi) is 4.98. The molecule has 0 fully saturated rings. The number of hydrogen-bond acceptors (Lipinski definition) is 2. The van der Waals surface area contributed by atoms with Crippen LogP contribution < -0.4 is 5.32 Å². The van der Waals surface area contributed by atoms with Gasteiger partial charge in [0.2, 0.25) is 0 Å². The van der Waals surface area contributed by atoms with E-state index in [9.17, 15) is 10.1 Å². The van der Waals surface area contributed by atoms with Crippen LogP contribution in [-0.4, -0.2) is 5.91 Å². The van der Waals surface area contributed by atoms with E-state index in [2.05, 4.69) is 5.32 Å². The number of amides is 1. The number of nitrogens with zero attached hydrogens (tertiary/aromatic N) is 1. The number of carbonyl (C=O) groups is 1. The summed E-state index contributed by atoms with van der Waals surface area (Å²) < 4.78 is 0. The predicted molar refractivity (Wildman–Crippen MR) is 89.6 cm³/mol. The SMILES string of the molecule is Cc1cccc(/C=C(\C#N)C(=O)Nc2cccc(Cl)c2C)c1. The van der Waals surface area contributed by atoms with Gasteiger partial charge in [-0.25, -0.2) is 0 Å². The van der Waals surface area contributed by atoms with Gasteiger partial charge < -0.3 is 5.32 Å². The lowest BCUT2D eigenvalue weighted by Crippen LogP contribution is -2.14. The van der Waals surface area contributed by atoms with Gasteiger partial charge in [0, 0.05) is 10.7 Å². The molecule has 2 aromatic carbocycles. The van der Waals surface area contributed by atoms with Crippen LogP contribution in [0.2, 0.25) is 5.02 Å². The van der Waals surface area contributed by atoms with Crippen molar-refractivity contribution in [2.75, 3.05) is 5.32 Å². The average Bonchev–Trinajstić information content (AvgIpc) is 2.49. The highest BCUT2D eigenvalue weighted by molar-refractivity contribution is 6.31. The maximum atomic E-state index is 12.3. The third kappa shape index (κ3) is 3.75. The summed E-state index contributed by atoms with van der Waals surface area (Å²) in [6.07, 6.45) is 1.57. The Labute approximate surface area is 134 Å². The van der Waals surface area contributed by atoms with Crippen molar-refractivity contribution in [3.8, 4) is 6.07 Å². The molecule has 0 aliphatic rings. The number of hydrogen-bond donors (Lipinski definition) is 1. The number of carbonyl (C=O) groups excluding carboxylic acids is 1. The minimum Gasteiger partial charge on any atom is -0.321 e. The second-order valence-corrected chi connectivity index (χ2v) is 5.36. The van der Waals surface area contributed by atoms with Crippen molar-refractivity contribution in [3.05, 3.63) is 69.8 Å². The number of nitriles is 1. The lowest BCUT2D eigenvalue weighted by molar-refractivity contribution is -0.112. The zero-order chi connectivity index (χ0) is 16.1. The van der Waals surface area contributed by atoms with Gasteiger partial charge in [0.05, 0.1) is 0 Å². The molecule has 0 bridgehead atoms. The summed E-state index contributed by atoms with van der Waals surface area (Å²) in [5.74, 6) is -0.450. The molecule has 2 aromatic rings. The summed E-state index contributed by atoms with van der Waals surface area (Å²) in [5, 5.41) is 12.5. The maximum Gasteiger partial charge on any atom is 0.266 e. The van der Waals surface area contributed by atoms with Crippen LogP contribution in [-0.2, 0) is 4.79 Å². The number of rotatable bonds is 3. The van der Waals surface area contributed by atoms with Gasteiger partial charge in [0.15, 0.2) is 0 Å². The average molecular weight is 311 g/mol. The van der Waals surface area contributed by atoms with E-state index in [1.165, 1.54) is 0 Å². The molecule has 1 N–H and O–H groups in total. The predicted octanol–water partition coefficient (Wildman–Crippen LogP) is 4.50. The van der Waals surface area contributed by atoms with Crippen molar-refractivity contribution in [2.24, 2.45) is 0 Å². The Morgan fingerprint density at radius 2 is 1.95 bits per heavy atom. The molecule has 0 aliphatic heterocycles. The first-order valence-electron chi connectivity index (χ1n) is 6.76. The molecule has 0 aliphatic carbocycles. The molecule has 0 heterocycles. The van der Waals surface area contributed by atoms with Crippen LogP contribution in [0, 0.1) is 25.2 Å². The lowest BCUT2D eigenvalue weighted by atomic mass is 10.1. The van der Waals surface area contributed by atoms with Crippen LogP contribution in [0.5, 0.6) is 0 Å². The van der Waals surface area contributed by atoms with E-state index in [0.717, 1.165) is 16.7 Å². The van der Waals surface area contributed by atoms with Crippen molar-refractivity contribution in [2.45, 2.75) is 13.8 Å². The third-order valence-electron chi connectivity index (χ3n) is 3.23. The zero-order valence-corrected chi connectivity index (χ0v) is 13.1. The molecule has 22 heavy (non-hydrogen) atoms. The minimum atomic E-state index is -0.450. The molecule has 0 saturated carbocycles. The molecule has 4 heteroatoms. The van der Waals surface area contributed by atoms with Gasteiger partial charge in [0.25, 0.3) is 5.91 Å². The highest BCUT2D eigenvalue weighted by Gasteiger charge is 2.11. The van der Waals surface area contributed by atoms with Crippen LogP contribution in [0.1, 0.15) is 16.7 Å². The highest BCUT2D eigenvalue weighted by atomic mass is 35.5. The number of anilines is 1. The number of nitrogens with one attached hydrogen (secondary N) is 1. The molecule has 0 spiro atoms. The van der Waals surface area contributed by atoms with Gasteiger partial charge in [0.1, 0.15) is 11.6 Å². The fourth-order valence-electron chi connectivity index (χ4n) is 2.01. The lowest BCUT2D eigenvalue weighted by Gasteiger charge is -2.09. The van der Waals surface area contributed by atoms with Crippen molar-refractivity contribution in [3.63, 3.8) is 0 Å². The Bertz CT molecular complexity index is 788. The molecule has 0 radical (unpaired) electrons. The molecular formula is C18H15ClN2O. The van der Waals surface area contributed by atoms with Crippen molar-refractivity contribution < 1.29 is 4.79 Å². The smallest absolute Gasteiger partial charge is 0.266 e. The number of aryl methyl sites for hydroxylation is 1. The maximum absolute atomic E-state index is 12.3. The van der Waals surface area contributed by atoms with Crippen LogP contribution in [0.3, 0.4) is 0 Å². The largest absolute Gasteiger partial charge is 0.321 e. The first kappa shape index (κ1) is 15.8. The second-order valence-electron chi connectivity index (χ2n) is 4.95. The van der Waals surface area contributed by atoms with Gasteiger partial charge >= 0.3 is 0 Å². The molecular weight excluding hydrogens is 296 g/mol. The molecule has 2 rings (SSSR count). The Morgan fingerprint density at radius 3 is 2.64 bits per heavy atom. The van der Waals surface area contributed by atoms with Gasteiger partial charge in [-0.15, -0.1) is 0 Å². The summed E-state index contributed by atoms with van der Waals surface area (Å²) in [4.78, 5) is 12.3. The monoisotopic (exact) mass is 310 g/mol. The first-order valence-corrected chi connectivity index (χ1v) is 7.14. The van der Waals surface area contributed by atoms with Crippen molar-refractivity contribution in [1.82, 2.24) is 0 Å². The van der Waals surface area contributed by atoms with E-state index in [1.54, 1.807) is 24.3 Å². The van der Waals surface area contributed by atoms with Gasteiger partial charge in [-0.3, -0.25) is 4.79 Å².